The minimum Gasteiger partial charge on any atom is -0.466 e. The van der Waals surface area contributed by atoms with E-state index >= 15 is 0 Å². The SMILES string of the molecule is Cc1cc(C(=O)NCC(=O)NCc2cccc(COCc3ccccc3)c2)c(C)o1. The molecule has 0 aliphatic carbocycles. The number of carbonyl (C=O) groups is 2. The Bertz CT molecular complexity index is 995. The molecule has 0 atom stereocenters. The quantitative estimate of drug-likeness (QED) is 0.568. The second-order valence-corrected chi connectivity index (χ2v) is 7.08. The number of rotatable bonds is 9. The third kappa shape index (κ3) is 6.32. The number of benzene rings is 2. The predicted octanol–water partition coefficient (Wildman–Crippen LogP) is 3.66. The van der Waals surface area contributed by atoms with Crippen molar-refractivity contribution >= 4 is 11.8 Å². The maximum Gasteiger partial charge on any atom is 0.255 e. The van der Waals surface area contributed by atoms with E-state index in [4.69, 9.17) is 9.15 Å². The monoisotopic (exact) mass is 406 g/mol. The number of nitrogens with one attached hydrogen (secondary N) is 2. The highest BCUT2D eigenvalue weighted by Crippen LogP contribution is 2.13. The van der Waals surface area contributed by atoms with Gasteiger partial charge < -0.3 is 19.8 Å². The van der Waals surface area contributed by atoms with Crippen LogP contribution in [0.15, 0.2) is 65.1 Å². The lowest BCUT2D eigenvalue weighted by Gasteiger charge is -2.09. The number of carbonyl (C=O) groups excluding carboxylic acids is 2. The van der Waals surface area contributed by atoms with Gasteiger partial charge in [0.05, 0.1) is 25.3 Å². The van der Waals surface area contributed by atoms with Crippen molar-refractivity contribution in [3.63, 3.8) is 0 Å². The first-order valence-electron chi connectivity index (χ1n) is 9.82. The number of amides is 2. The van der Waals surface area contributed by atoms with Crippen molar-refractivity contribution in [2.45, 2.75) is 33.6 Å². The van der Waals surface area contributed by atoms with Gasteiger partial charge in [0.15, 0.2) is 0 Å². The third-order valence-corrected chi connectivity index (χ3v) is 4.56. The number of furan rings is 1. The fourth-order valence-electron chi connectivity index (χ4n) is 3.07. The van der Waals surface area contributed by atoms with Gasteiger partial charge >= 0.3 is 0 Å². The van der Waals surface area contributed by atoms with Gasteiger partial charge in [-0.2, -0.15) is 0 Å². The fourth-order valence-corrected chi connectivity index (χ4v) is 3.07. The molecule has 2 amide bonds. The van der Waals surface area contributed by atoms with Crippen LogP contribution in [0, 0.1) is 13.8 Å². The van der Waals surface area contributed by atoms with Crippen LogP contribution in [0.5, 0.6) is 0 Å². The van der Waals surface area contributed by atoms with Gasteiger partial charge in [-0.05, 0) is 36.6 Å². The fraction of sp³-hybridized carbons (Fsp3) is 0.250. The summed E-state index contributed by atoms with van der Waals surface area (Å²) < 4.78 is 11.1. The summed E-state index contributed by atoms with van der Waals surface area (Å²) in [5.41, 5.74) is 3.58. The van der Waals surface area contributed by atoms with Gasteiger partial charge in [-0.15, -0.1) is 0 Å². The zero-order valence-electron chi connectivity index (χ0n) is 17.2. The molecule has 0 fully saturated rings. The van der Waals surface area contributed by atoms with Gasteiger partial charge in [0.1, 0.15) is 11.5 Å². The molecule has 1 aromatic heterocycles. The summed E-state index contributed by atoms with van der Waals surface area (Å²) in [6, 6.07) is 19.5. The van der Waals surface area contributed by atoms with E-state index in [1.165, 1.54) is 0 Å². The Morgan fingerprint density at radius 1 is 0.867 bits per heavy atom. The van der Waals surface area contributed by atoms with Crippen LogP contribution in [-0.4, -0.2) is 18.4 Å². The zero-order chi connectivity index (χ0) is 21.3. The molecule has 2 aromatic carbocycles. The van der Waals surface area contributed by atoms with E-state index in [1.54, 1.807) is 19.9 Å². The van der Waals surface area contributed by atoms with E-state index in [2.05, 4.69) is 10.6 Å². The van der Waals surface area contributed by atoms with Crippen LogP contribution in [0.1, 0.15) is 38.6 Å². The predicted molar refractivity (Wildman–Crippen MR) is 114 cm³/mol. The van der Waals surface area contributed by atoms with Crippen LogP contribution in [0.4, 0.5) is 0 Å². The maximum absolute atomic E-state index is 12.1. The van der Waals surface area contributed by atoms with Gasteiger partial charge in [0, 0.05) is 6.54 Å². The van der Waals surface area contributed by atoms with Crippen molar-refractivity contribution in [2.24, 2.45) is 0 Å². The summed E-state index contributed by atoms with van der Waals surface area (Å²) >= 11 is 0. The summed E-state index contributed by atoms with van der Waals surface area (Å²) in [5, 5.41) is 5.43. The summed E-state index contributed by atoms with van der Waals surface area (Å²) in [6.45, 7) is 4.83. The molecule has 0 aliphatic rings. The lowest BCUT2D eigenvalue weighted by molar-refractivity contribution is -0.120. The molecular formula is C24H26N2O4. The molecule has 0 unspecified atom stereocenters. The average Bonchev–Trinajstić information content (AvgIpc) is 3.09. The molecule has 0 aliphatic heterocycles. The number of aryl methyl sites for hydroxylation is 2. The molecule has 2 N–H and O–H groups in total. The van der Waals surface area contributed by atoms with Crippen molar-refractivity contribution in [3.05, 3.63) is 94.4 Å². The van der Waals surface area contributed by atoms with Gasteiger partial charge in [0.2, 0.25) is 5.91 Å². The van der Waals surface area contributed by atoms with Crippen LogP contribution < -0.4 is 10.6 Å². The molecule has 0 bridgehead atoms. The van der Waals surface area contributed by atoms with Gasteiger partial charge in [0.25, 0.3) is 5.91 Å². The minimum atomic E-state index is -0.322. The number of hydrogen-bond donors (Lipinski definition) is 2. The lowest BCUT2D eigenvalue weighted by atomic mass is 10.1. The molecule has 3 aromatic rings. The second-order valence-electron chi connectivity index (χ2n) is 7.08. The van der Waals surface area contributed by atoms with Crippen LogP contribution in [0.3, 0.4) is 0 Å². The Kier molecular flexibility index (Phi) is 7.40. The Balaban J connectivity index is 1.41. The molecule has 0 saturated carbocycles. The van der Waals surface area contributed by atoms with E-state index in [0.717, 1.165) is 16.7 Å². The molecule has 6 nitrogen and oxygen atoms in total. The molecule has 6 heteroatoms. The summed E-state index contributed by atoms with van der Waals surface area (Å²) in [6.07, 6.45) is 0. The Labute approximate surface area is 176 Å². The first-order valence-corrected chi connectivity index (χ1v) is 9.82. The van der Waals surface area contributed by atoms with Gasteiger partial charge in [-0.25, -0.2) is 0 Å². The molecular weight excluding hydrogens is 380 g/mol. The lowest BCUT2D eigenvalue weighted by Crippen LogP contribution is -2.36. The Morgan fingerprint density at radius 2 is 1.57 bits per heavy atom. The molecule has 0 radical (unpaired) electrons. The van der Waals surface area contributed by atoms with Crippen LogP contribution in [0.2, 0.25) is 0 Å². The largest absolute Gasteiger partial charge is 0.466 e. The number of hydrogen-bond acceptors (Lipinski definition) is 4. The molecule has 0 saturated heterocycles. The standard InChI is InChI=1S/C24H26N2O4/c1-17-11-22(18(2)30-17)24(28)26-14-23(27)25-13-20-9-6-10-21(12-20)16-29-15-19-7-4-3-5-8-19/h3-12H,13-16H2,1-2H3,(H,25,27)(H,26,28). The number of ether oxygens (including phenoxy) is 1. The molecule has 3 rings (SSSR count). The first-order chi connectivity index (χ1) is 14.5. The van der Waals surface area contributed by atoms with Crippen LogP contribution in [0.25, 0.3) is 0 Å². The minimum absolute atomic E-state index is 0.0949. The molecule has 1 heterocycles. The summed E-state index contributed by atoms with van der Waals surface area (Å²) in [7, 11) is 0. The average molecular weight is 406 g/mol. The maximum atomic E-state index is 12.1. The van der Waals surface area contributed by atoms with Gasteiger partial charge in [-0.1, -0.05) is 54.6 Å². The van der Waals surface area contributed by atoms with E-state index in [9.17, 15) is 9.59 Å². The van der Waals surface area contributed by atoms with Crippen LogP contribution >= 0.6 is 0 Å². The van der Waals surface area contributed by atoms with Crippen molar-refractivity contribution in [2.75, 3.05) is 6.54 Å². The van der Waals surface area contributed by atoms with Crippen molar-refractivity contribution in [3.8, 4) is 0 Å². The smallest absolute Gasteiger partial charge is 0.255 e. The highest BCUT2D eigenvalue weighted by atomic mass is 16.5. The van der Waals surface area contributed by atoms with E-state index in [0.29, 0.717) is 36.8 Å². The third-order valence-electron chi connectivity index (χ3n) is 4.56. The summed E-state index contributed by atoms with van der Waals surface area (Å²) in [4.78, 5) is 24.2. The van der Waals surface area contributed by atoms with Crippen molar-refractivity contribution < 1.29 is 18.7 Å². The molecule has 156 valence electrons. The normalized spacial score (nSPS) is 10.6. The molecule has 0 spiro atoms. The molecule has 30 heavy (non-hydrogen) atoms. The second kappa shape index (κ2) is 10.4. The van der Waals surface area contributed by atoms with E-state index in [-0.39, 0.29) is 18.4 Å². The highest BCUT2D eigenvalue weighted by molar-refractivity contribution is 5.97. The van der Waals surface area contributed by atoms with E-state index in [1.807, 2.05) is 54.6 Å². The van der Waals surface area contributed by atoms with Crippen molar-refractivity contribution in [1.82, 2.24) is 10.6 Å². The Morgan fingerprint density at radius 3 is 2.30 bits per heavy atom. The van der Waals surface area contributed by atoms with Gasteiger partial charge in [-0.3, -0.25) is 9.59 Å². The van der Waals surface area contributed by atoms with Crippen LogP contribution in [-0.2, 0) is 29.3 Å². The van der Waals surface area contributed by atoms with E-state index < -0.39 is 0 Å². The Hall–Kier alpha value is -3.38. The topological polar surface area (TPSA) is 80.6 Å². The highest BCUT2D eigenvalue weighted by Gasteiger charge is 2.14. The van der Waals surface area contributed by atoms with Crippen molar-refractivity contribution in [1.29, 1.82) is 0 Å². The summed E-state index contributed by atoms with van der Waals surface area (Å²) in [5.74, 6) is 0.621. The first kappa shape index (κ1) is 21.3. The zero-order valence-corrected chi connectivity index (χ0v) is 17.2.